The van der Waals surface area contributed by atoms with Crippen LogP contribution in [-0.2, 0) is 10.3 Å². The summed E-state index contributed by atoms with van der Waals surface area (Å²) in [6.45, 7) is 1.94. The molecular weight excluding hydrogens is 224 g/mol. The molecule has 1 aromatic carbocycles. The molecule has 1 N–H and O–H groups in total. The molecule has 0 aliphatic carbocycles. The monoisotopic (exact) mass is 236 g/mol. The van der Waals surface area contributed by atoms with Gasteiger partial charge in [0.2, 0.25) is 0 Å². The van der Waals surface area contributed by atoms with Gasteiger partial charge in [-0.1, -0.05) is 11.6 Å². The molecule has 3 nitrogen and oxygen atoms in total. The molecule has 1 aromatic rings. The summed E-state index contributed by atoms with van der Waals surface area (Å²) in [5, 5.41) is 4.09. The number of benzene rings is 1. The van der Waals surface area contributed by atoms with Gasteiger partial charge in [0, 0.05) is 23.4 Å². The molecule has 0 amide bonds. The first-order chi connectivity index (χ1) is 7.80. The summed E-state index contributed by atoms with van der Waals surface area (Å²) in [6.07, 6.45) is 3.50. The van der Waals surface area contributed by atoms with E-state index in [1.165, 1.54) is 0 Å². The van der Waals surface area contributed by atoms with E-state index in [1.54, 1.807) is 6.40 Å². The van der Waals surface area contributed by atoms with E-state index in [0.29, 0.717) is 0 Å². The number of aliphatic imine (C=N–C) groups is 1. The molecule has 84 valence electrons. The van der Waals surface area contributed by atoms with Crippen LogP contribution in [0.2, 0.25) is 5.02 Å². The molecule has 2 aliphatic heterocycles. The van der Waals surface area contributed by atoms with Crippen LogP contribution in [-0.4, -0.2) is 19.5 Å². The van der Waals surface area contributed by atoms with Gasteiger partial charge in [0.25, 0.3) is 0 Å². The van der Waals surface area contributed by atoms with Crippen LogP contribution < -0.4 is 5.32 Å². The second kappa shape index (κ2) is 3.75. The minimum atomic E-state index is -0.215. The van der Waals surface area contributed by atoms with Crippen molar-refractivity contribution in [2.24, 2.45) is 4.99 Å². The van der Waals surface area contributed by atoms with Gasteiger partial charge in [-0.15, -0.1) is 0 Å². The highest BCUT2D eigenvalue weighted by molar-refractivity contribution is 6.30. The summed E-state index contributed by atoms with van der Waals surface area (Å²) in [4.78, 5) is 4.26. The molecule has 0 unspecified atom stereocenters. The van der Waals surface area contributed by atoms with Crippen LogP contribution in [0, 0.1) is 0 Å². The van der Waals surface area contributed by atoms with Gasteiger partial charge in [0.15, 0.2) is 6.40 Å². The third-order valence-electron chi connectivity index (χ3n) is 3.33. The number of ether oxygens (including phenoxy) is 1. The Hall–Kier alpha value is -1.06. The second-order valence-electron chi connectivity index (χ2n) is 4.26. The quantitative estimate of drug-likeness (QED) is 0.751. The Bertz CT molecular complexity index is 439. The smallest absolute Gasteiger partial charge is 0.175 e. The van der Waals surface area contributed by atoms with Gasteiger partial charge >= 0.3 is 0 Å². The average molecular weight is 237 g/mol. The lowest BCUT2D eigenvalue weighted by Crippen LogP contribution is -2.42. The van der Waals surface area contributed by atoms with E-state index in [2.05, 4.69) is 10.3 Å². The van der Waals surface area contributed by atoms with Crippen molar-refractivity contribution in [3.05, 3.63) is 28.8 Å². The summed E-state index contributed by atoms with van der Waals surface area (Å²) < 4.78 is 5.80. The molecule has 0 saturated carbocycles. The maximum Gasteiger partial charge on any atom is 0.175 e. The zero-order valence-corrected chi connectivity index (χ0v) is 9.63. The number of rotatable bonds is 0. The van der Waals surface area contributed by atoms with Gasteiger partial charge < -0.3 is 10.1 Å². The highest BCUT2D eigenvalue weighted by atomic mass is 35.5. The van der Waals surface area contributed by atoms with Crippen LogP contribution in [0.25, 0.3) is 0 Å². The zero-order valence-electron chi connectivity index (χ0n) is 8.87. The molecule has 0 aromatic heterocycles. The van der Waals surface area contributed by atoms with Crippen molar-refractivity contribution in [1.82, 2.24) is 5.32 Å². The maximum absolute atomic E-state index is 6.06. The third-order valence-corrected chi connectivity index (χ3v) is 3.57. The van der Waals surface area contributed by atoms with E-state index in [9.17, 15) is 0 Å². The van der Waals surface area contributed by atoms with Gasteiger partial charge in [-0.2, -0.15) is 0 Å². The fourth-order valence-electron chi connectivity index (χ4n) is 2.45. The maximum atomic E-state index is 6.06. The van der Waals surface area contributed by atoms with E-state index >= 15 is 0 Å². The molecule has 1 saturated heterocycles. The standard InChI is InChI=1S/C12H13ClN2O/c13-9-1-2-11-10(7-9)12(16-8-15-11)3-5-14-6-4-12/h1-2,7-8,14H,3-6H2. The first kappa shape index (κ1) is 10.1. The lowest BCUT2D eigenvalue weighted by atomic mass is 9.83. The summed E-state index contributed by atoms with van der Waals surface area (Å²) in [5.41, 5.74) is 1.90. The van der Waals surface area contributed by atoms with Crippen molar-refractivity contribution in [2.45, 2.75) is 18.4 Å². The van der Waals surface area contributed by atoms with Crippen molar-refractivity contribution >= 4 is 23.7 Å². The van der Waals surface area contributed by atoms with Crippen LogP contribution in [0.3, 0.4) is 0 Å². The molecule has 1 spiro atoms. The minimum Gasteiger partial charge on any atom is -0.472 e. The number of halogens is 1. The molecule has 2 heterocycles. The molecule has 16 heavy (non-hydrogen) atoms. The normalized spacial score (nSPS) is 21.6. The number of fused-ring (bicyclic) bond motifs is 2. The fourth-order valence-corrected chi connectivity index (χ4v) is 2.62. The SMILES string of the molecule is Clc1ccc2c(c1)C1(CCNCC1)OC=N2. The Morgan fingerprint density at radius 1 is 1.31 bits per heavy atom. The predicted octanol–water partition coefficient (Wildman–Crippen LogP) is 2.61. The van der Waals surface area contributed by atoms with E-state index in [-0.39, 0.29) is 5.60 Å². The largest absolute Gasteiger partial charge is 0.472 e. The second-order valence-corrected chi connectivity index (χ2v) is 4.69. The number of hydrogen-bond donors (Lipinski definition) is 1. The van der Waals surface area contributed by atoms with Gasteiger partial charge in [0.05, 0.1) is 5.69 Å². The van der Waals surface area contributed by atoms with Crippen molar-refractivity contribution < 1.29 is 4.74 Å². The third kappa shape index (κ3) is 1.51. The first-order valence-electron chi connectivity index (χ1n) is 5.51. The van der Waals surface area contributed by atoms with Gasteiger partial charge in [-0.25, -0.2) is 4.99 Å². The Balaban J connectivity index is 2.10. The van der Waals surface area contributed by atoms with Crippen molar-refractivity contribution in [3.8, 4) is 0 Å². The number of hydrogen-bond acceptors (Lipinski definition) is 3. The minimum absolute atomic E-state index is 0.215. The highest BCUT2D eigenvalue weighted by Gasteiger charge is 2.39. The highest BCUT2D eigenvalue weighted by Crippen LogP contribution is 2.42. The molecule has 0 bridgehead atoms. The van der Waals surface area contributed by atoms with Crippen molar-refractivity contribution in [1.29, 1.82) is 0 Å². The number of piperidine rings is 1. The molecule has 0 radical (unpaired) electrons. The van der Waals surface area contributed by atoms with E-state index in [4.69, 9.17) is 16.3 Å². The Morgan fingerprint density at radius 3 is 2.94 bits per heavy atom. The molecule has 0 atom stereocenters. The molecule has 2 aliphatic rings. The van der Waals surface area contributed by atoms with E-state index in [1.807, 2.05) is 18.2 Å². The molecule has 3 rings (SSSR count). The summed E-state index contributed by atoms with van der Waals surface area (Å²) in [7, 11) is 0. The Kier molecular flexibility index (Phi) is 2.37. The average Bonchev–Trinajstić information content (AvgIpc) is 2.32. The zero-order chi connectivity index (χ0) is 11.0. The van der Waals surface area contributed by atoms with Crippen LogP contribution in [0.1, 0.15) is 18.4 Å². The van der Waals surface area contributed by atoms with Crippen LogP contribution >= 0.6 is 11.6 Å². The van der Waals surface area contributed by atoms with Crippen molar-refractivity contribution in [3.63, 3.8) is 0 Å². The van der Waals surface area contributed by atoms with Crippen LogP contribution in [0.5, 0.6) is 0 Å². The topological polar surface area (TPSA) is 33.6 Å². The van der Waals surface area contributed by atoms with Gasteiger partial charge in [-0.3, -0.25) is 0 Å². The lowest BCUT2D eigenvalue weighted by Gasteiger charge is -2.39. The molecular formula is C12H13ClN2O. The van der Waals surface area contributed by atoms with Crippen LogP contribution in [0.15, 0.2) is 23.2 Å². The molecule has 1 fully saturated rings. The molecule has 4 heteroatoms. The Labute approximate surface area is 99.5 Å². The van der Waals surface area contributed by atoms with E-state index < -0.39 is 0 Å². The number of nitrogens with zero attached hydrogens (tertiary/aromatic N) is 1. The van der Waals surface area contributed by atoms with Gasteiger partial charge in [0.1, 0.15) is 5.60 Å². The summed E-state index contributed by atoms with van der Waals surface area (Å²) in [5.74, 6) is 0. The first-order valence-corrected chi connectivity index (χ1v) is 5.89. The lowest BCUT2D eigenvalue weighted by molar-refractivity contribution is 0.0250. The van der Waals surface area contributed by atoms with Gasteiger partial charge in [-0.05, 0) is 31.3 Å². The van der Waals surface area contributed by atoms with Crippen molar-refractivity contribution in [2.75, 3.05) is 13.1 Å². The summed E-state index contributed by atoms with van der Waals surface area (Å²) >= 11 is 6.06. The number of nitrogens with one attached hydrogen (secondary N) is 1. The summed E-state index contributed by atoms with van der Waals surface area (Å²) in [6, 6.07) is 5.82. The van der Waals surface area contributed by atoms with Crippen LogP contribution in [0.4, 0.5) is 5.69 Å². The fraction of sp³-hybridized carbons (Fsp3) is 0.417. The predicted molar refractivity (Wildman–Crippen MR) is 64.5 cm³/mol. The Morgan fingerprint density at radius 2 is 2.12 bits per heavy atom. The van der Waals surface area contributed by atoms with E-state index in [0.717, 1.165) is 42.2 Å².